The Morgan fingerprint density at radius 2 is 2.24 bits per heavy atom. The lowest BCUT2D eigenvalue weighted by Crippen LogP contribution is -2.44. The third kappa shape index (κ3) is 4.78. The van der Waals surface area contributed by atoms with Gasteiger partial charge >= 0.3 is 0 Å². The van der Waals surface area contributed by atoms with Gasteiger partial charge in [0.25, 0.3) is 0 Å². The summed E-state index contributed by atoms with van der Waals surface area (Å²) in [4.78, 5) is 2.02. The maximum atomic E-state index is 11.5. The number of nitriles is 1. The van der Waals surface area contributed by atoms with Crippen molar-refractivity contribution in [3.8, 4) is 6.07 Å². The van der Waals surface area contributed by atoms with Crippen LogP contribution in [0.25, 0.3) is 0 Å². The van der Waals surface area contributed by atoms with E-state index in [2.05, 4.69) is 17.6 Å². The molecule has 0 saturated heterocycles. The topological polar surface area (TPSA) is 108 Å². The Labute approximate surface area is 104 Å². The summed E-state index contributed by atoms with van der Waals surface area (Å²) in [5, 5.41) is 8.51. The first-order valence-corrected chi connectivity index (χ1v) is 6.53. The molecule has 0 heterocycles. The number of nitrogens with two attached hydrogens (primary N) is 1. The summed E-state index contributed by atoms with van der Waals surface area (Å²) < 4.78 is 23.1. The van der Waals surface area contributed by atoms with Crippen molar-refractivity contribution in [3.63, 3.8) is 0 Å². The quantitative estimate of drug-likeness (QED) is 0.513. The first kappa shape index (κ1) is 13.4. The third-order valence-electron chi connectivity index (χ3n) is 1.74. The Balaban J connectivity index is 2.76. The Bertz CT molecular complexity index is 563. The average molecular weight is 270 g/mol. The molecule has 0 aliphatic rings. The van der Waals surface area contributed by atoms with Crippen molar-refractivity contribution >= 4 is 27.4 Å². The van der Waals surface area contributed by atoms with E-state index in [-0.39, 0.29) is 10.9 Å². The van der Waals surface area contributed by atoms with Gasteiger partial charge < -0.3 is 5.73 Å². The van der Waals surface area contributed by atoms with E-state index < -0.39 is 10.0 Å². The number of nitrogens with one attached hydrogen (secondary N) is 2. The molecule has 1 rings (SSSR count). The number of sulfonamides is 1. The summed E-state index contributed by atoms with van der Waals surface area (Å²) in [6.07, 6.45) is 0. The highest BCUT2D eigenvalue weighted by Gasteiger charge is 2.11. The third-order valence-corrected chi connectivity index (χ3v) is 2.97. The zero-order chi connectivity index (χ0) is 12.9. The van der Waals surface area contributed by atoms with Crippen molar-refractivity contribution in [2.24, 2.45) is 5.73 Å². The predicted octanol–water partition coefficient (Wildman–Crippen LogP) is -0.274. The number of hydrazine groups is 1. The number of hydrogen-bond donors (Lipinski definition) is 3. The molecular weight excluding hydrogens is 260 g/mol. The smallest absolute Gasteiger partial charge is 0.232 e. The predicted molar refractivity (Wildman–Crippen MR) is 66.8 cm³/mol. The molecule has 0 aliphatic heterocycles. The van der Waals surface area contributed by atoms with Crippen molar-refractivity contribution in [2.75, 3.05) is 0 Å². The highest BCUT2D eigenvalue weighted by Crippen LogP contribution is 2.07. The lowest BCUT2D eigenvalue weighted by molar-refractivity contribution is 0.576. The highest BCUT2D eigenvalue weighted by atomic mass is 32.2. The van der Waals surface area contributed by atoms with E-state index in [1.54, 1.807) is 18.2 Å². The average Bonchev–Trinajstić information content (AvgIpc) is 2.26. The minimum atomic E-state index is -3.59. The fourth-order valence-corrected chi connectivity index (χ4v) is 2.19. The standard InChI is InChI=1S/C9H10N4O2S2/c10-5-7-2-1-3-8(4-7)6-17(14,15)13-12-9(11)16/h1-4,13H,6H2,(H3,11,12,16). The van der Waals surface area contributed by atoms with Crippen molar-refractivity contribution in [3.05, 3.63) is 35.4 Å². The first-order chi connectivity index (χ1) is 7.93. The van der Waals surface area contributed by atoms with Gasteiger partial charge in [-0.2, -0.15) is 5.26 Å². The summed E-state index contributed by atoms with van der Waals surface area (Å²) in [7, 11) is -3.59. The molecule has 1 aromatic rings. The van der Waals surface area contributed by atoms with Crippen LogP contribution in [0.15, 0.2) is 24.3 Å². The molecule has 17 heavy (non-hydrogen) atoms. The second-order valence-corrected chi connectivity index (χ2v) is 5.32. The molecule has 0 amide bonds. The molecule has 0 aliphatic carbocycles. The Hall–Kier alpha value is -1.69. The maximum Gasteiger partial charge on any atom is 0.232 e. The fourth-order valence-electron chi connectivity index (χ4n) is 1.11. The van der Waals surface area contributed by atoms with E-state index in [0.717, 1.165) is 0 Å². The zero-order valence-electron chi connectivity index (χ0n) is 8.67. The van der Waals surface area contributed by atoms with Crippen LogP contribution in [-0.2, 0) is 15.8 Å². The van der Waals surface area contributed by atoms with Gasteiger partial charge in [-0.3, -0.25) is 5.43 Å². The number of thiocarbonyl (C=S) groups is 1. The van der Waals surface area contributed by atoms with Crippen LogP contribution in [0, 0.1) is 11.3 Å². The van der Waals surface area contributed by atoms with Gasteiger partial charge in [0.15, 0.2) is 5.11 Å². The molecule has 4 N–H and O–H groups in total. The number of nitrogens with zero attached hydrogens (tertiary/aromatic N) is 1. The Kier molecular flexibility index (Phi) is 4.39. The van der Waals surface area contributed by atoms with Crippen molar-refractivity contribution < 1.29 is 8.42 Å². The maximum absolute atomic E-state index is 11.5. The number of rotatable bonds is 4. The number of benzene rings is 1. The molecule has 0 fully saturated rings. The molecule has 90 valence electrons. The molecule has 6 nitrogen and oxygen atoms in total. The molecule has 0 unspecified atom stereocenters. The molecule has 0 aromatic heterocycles. The van der Waals surface area contributed by atoms with Gasteiger partial charge in [-0.15, -0.1) is 4.83 Å². The van der Waals surface area contributed by atoms with Crippen molar-refractivity contribution in [2.45, 2.75) is 5.75 Å². The normalized spacial score (nSPS) is 10.5. The van der Waals surface area contributed by atoms with Gasteiger partial charge in [0.2, 0.25) is 10.0 Å². The van der Waals surface area contributed by atoms with Crippen LogP contribution in [0.1, 0.15) is 11.1 Å². The van der Waals surface area contributed by atoms with Gasteiger partial charge in [0.05, 0.1) is 17.4 Å². The lowest BCUT2D eigenvalue weighted by atomic mass is 10.2. The molecular formula is C9H10N4O2S2. The van der Waals surface area contributed by atoms with E-state index in [1.165, 1.54) is 6.07 Å². The molecule has 1 aromatic carbocycles. The van der Waals surface area contributed by atoms with Crippen LogP contribution < -0.4 is 16.0 Å². The summed E-state index contributed by atoms with van der Waals surface area (Å²) in [6.45, 7) is 0. The van der Waals surface area contributed by atoms with Gasteiger partial charge in [-0.1, -0.05) is 12.1 Å². The molecule has 0 radical (unpaired) electrons. The van der Waals surface area contributed by atoms with Crippen LogP contribution in [0.2, 0.25) is 0 Å². The minimum absolute atomic E-state index is 0.167. The Morgan fingerprint density at radius 1 is 1.53 bits per heavy atom. The molecule has 0 bridgehead atoms. The van der Waals surface area contributed by atoms with Gasteiger partial charge in [-0.05, 0) is 29.9 Å². The molecule has 0 spiro atoms. The first-order valence-electron chi connectivity index (χ1n) is 4.47. The summed E-state index contributed by atoms with van der Waals surface area (Å²) >= 11 is 4.46. The van der Waals surface area contributed by atoms with Crippen LogP contribution in [0.4, 0.5) is 0 Å². The SMILES string of the molecule is N#Cc1cccc(CS(=O)(=O)NNC(N)=S)c1. The van der Waals surface area contributed by atoms with E-state index in [1.807, 2.05) is 10.9 Å². The minimum Gasteiger partial charge on any atom is -0.375 e. The lowest BCUT2D eigenvalue weighted by Gasteiger charge is -2.07. The van der Waals surface area contributed by atoms with Crippen LogP contribution >= 0.6 is 12.2 Å². The van der Waals surface area contributed by atoms with E-state index in [0.29, 0.717) is 11.1 Å². The second-order valence-electron chi connectivity index (χ2n) is 3.16. The van der Waals surface area contributed by atoms with E-state index in [4.69, 9.17) is 11.0 Å². The largest absolute Gasteiger partial charge is 0.375 e. The highest BCUT2D eigenvalue weighted by molar-refractivity contribution is 7.88. The van der Waals surface area contributed by atoms with E-state index in [9.17, 15) is 8.42 Å². The molecule has 0 saturated carbocycles. The van der Waals surface area contributed by atoms with Crippen molar-refractivity contribution in [1.82, 2.24) is 10.3 Å². The molecule has 8 heteroatoms. The van der Waals surface area contributed by atoms with Crippen LogP contribution in [0.3, 0.4) is 0 Å². The second kappa shape index (κ2) is 5.58. The van der Waals surface area contributed by atoms with Crippen LogP contribution in [-0.4, -0.2) is 13.5 Å². The van der Waals surface area contributed by atoms with E-state index >= 15 is 0 Å². The van der Waals surface area contributed by atoms with Gasteiger partial charge in [0, 0.05) is 0 Å². The van der Waals surface area contributed by atoms with Crippen LogP contribution in [0.5, 0.6) is 0 Å². The summed E-state index contributed by atoms with van der Waals surface area (Å²) in [6, 6.07) is 8.25. The zero-order valence-corrected chi connectivity index (χ0v) is 10.3. The summed E-state index contributed by atoms with van der Waals surface area (Å²) in [5.41, 5.74) is 8.13. The Morgan fingerprint density at radius 3 is 2.82 bits per heavy atom. The van der Waals surface area contributed by atoms with Crippen molar-refractivity contribution in [1.29, 1.82) is 5.26 Å². The monoisotopic (exact) mass is 270 g/mol. The van der Waals surface area contributed by atoms with Gasteiger partial charge in [-0.25, -0.2) is 8.42 Å². The van der Waals surface area contributed by atoms with Gasteiger partial charge in [0.1, 0.15) is 0 Å². The molecule has 0 atom stereocenters. The fraction of sp³-hybridized carbons (Fsp3) is 0.111. The number of hydrogen-bond acceptors (Lipinski definition) is 4. The summed E-state index contributed by atoms with van der Waals surface area (Å²) in [5.74, 6) is -0.266.